The van der Waals surface area contributed by atoms with Crippen LogP contribution in [0.2, 0.25) is 0 Å². The summed E-state index contributed by atoms with van der Waals surface area (Å²) in [5.41, 5.74) is 1.10. The first-order valence-electron chi connectivity index (χ1n) is 6.48. The first kappa shape index (κ1) is 13.3. The fraction of sp³-hybridized carbons (Fsp3) is 0.571. The number of benzene rings is 1. The zero-order valence-electron chi connectivity index (χ0n) is 10.6. The molecule has 2 N–H and O–H groups in total. The molecule has 1 aliphatic rings. The minimum absolute atomic E-state index is 0.00523. The largest absolute Gasteiger partial charge is 0.394 e. The van der Waals surface area contributed by atoms with Crippen molar-refractivity contribution >= 4 is 5.69 Å². The van der Waals surface area contributed by atoms with Crippen LogP contribution in [0.25, 0.3) is 0 Å². The molecule has 1 saturated heterocycles. The van der Waals surface area contributed by atoms with Crippen LogP contribution in [0.1, 0.15) is 37.9 Å². The third-order valence-corrected chi connectivity index (χ3v) is 3.60. The monoisotopic (exact) mass is 253 g/mol. The molecule has 0 spiro atoms. The van der Waals surface area contributed by atoms with E-state index < -0.39 is 6.10 Å². The standard InChI is InChI=1S/C14H20FNO2/c1-10(18)11-5-6-14(13(15)8-11)16-7-3-2-4-12(16)9-17/h5-6,8,10,12,17-18H,2-4,7,9H2,1H3/t10-,12?/m1/s1. The third kappa shape index (κ3) is 2.65. The molecular weight excluding hydrogens is 233 g/mol. The fourth-order valence-electron chi connectivity index (χ4n) is 2.52. The quantitative estimate of drug-likeness (QED) is 0.868. The van der Waals surface area contributed by atoms with Crippen molar-refractivity contribution in [3.05, 3.63) is 29.6 Å². The molecule has 1 unspecified atom stereocenters. The first-order chi connectivity index (χ1) is 8.63. The van der Waals surface area contributed by atoms with Gasteiger partial charge in [-0.1, -0.05) is 6.07 Å². The molecular formula is C14H20FNO2. The molecule has 100 valence electrons. The van der Waals surface area contributed by atoms with Gasteiger partial charge in [0.25, 0.3) is 0 Å². The molecule has 3 nitrogen and oxygen atoms in total. The molecule has 1 aromatic carbocycles. The Kier molecular flexibility index (Phi) is 4.19. The lowest BCUT2D eigenvalue weighted by molar-refractivity contribution is 0.198. The summed E-state index contributed by atoms with van der Waals surface area (Å²) in [6, 6.07) is 4.83. The van der Waals surface area contributed by atoms with Gasteiger partial charge in [-0.05, 0) is 43.9 Å². The number of hydrogen-bond donors (Lipinski definition) is 2. The third-order valence-electron chi connectivity index (χ3n) is 3.60. The molecule has 0 radical (unpaired) electrons. The van der Waals surface area contributed by atoms with Gasteiger partial charge in [-0.15, -0.1) is 0 Å². The van der Waals surface area contributed by atoms with E-state index in [1.165, 1.54) is 6.07 Å². The van der Waals surface area contributed by atoms with Crippen molar-refractivity contribution in [2.45, 2.75) is 38.3 Å². The molecule has 0 bridgehead atoms. The van der Waals surface area contributed by atoms with Gasteiger partial charge in [-0.3, -0.25) is 0 Å². The van der Waals surface area contributed by atoms with Crippen LogP contribution in [0.15, 0.2) is 18.2 Å². The number of aliphatic hydroxyl groups excluding tert-OH is 2. The lowest BCUT2D eigenvalue weighted by Gasteiger charge is -2.36. The van der Waals surface area contributed by atoms with Gasteiger partial charge in [0, 0.05) is 6.54 Å². The van der Waals surface area contributed by atoms with Gasteiger partial charge in [-0.25, -0.2) is 4.39 Å². The van der Waals surface area contributed by atoms with E-state index in [9.17, 15) is 14.6 Å². The molecule has 18 heavy (non-hydrogen) atoms. The zero-order chi connectivity index (χ0) is 13.1. The Labute approximate surface area is 107 Å². The van der Waals surface area contributed by atoms with Gasteiger partial charge in [0.2, 0.25) is 0 Å². The smallest absolute Gasteiger partial charge is 0.146 e. The minimum Gasteiger partial charge on any atom is -0.394 e. The summed E-state index contributed by atoms with van der Waals surface area (Å²) in [4.78, 5) is 1.94. The molecule has 2 rings (SSSR count). The Bertz CT molecular complexity index is 409. The number of halogens is 1. The Hall–Kier alpha value is -1.13. The topological polar surface area (TPSA) is 43.7 Å². The highest BCUT2D eigenvalue weighted by molar-refractivity contribution is 5.50. The molecule has 1 aliphatic heterocycles. The average molecular weight is 253 g/mol. The number of piperidine rings is 1. The maximum atomic E-state index is 14.1. The summed E-state index contributed by atoms with van der Waals surface area (Å²) in [5.74, 6) is -0.325. The summed E-state index contributed by atoms with van der Waals surface area (Å²) in [5, 5.41) is 18.8. The minimum atomic E-state index is -0.663. The molecule has 0 aliphatic carbocycles. The van der Waals surface area contributed by atoms with Crippen LogP contribution in [0.3, 0.4) is 0 Å². The number of aliphatic hydroxyl groups is 2. The average Bonchev–Trinajstić information content (AvgIpc) is 2.38. The van der Waals surface area contributed by atoms with Crippen LogP contribution in [0.5, 0.6) is 0 Å². The zero-order valence-corrected chi connectivity index (χ0v) is 10.6. The normalized spacial score (nSPS) is 22.0. The Morgan fingerprint density at radius 3 is 2.83 bits per heavy atom. The van der Waals surface area contributed by atoms with E-state index in [0.717, 1.165) is 25.8 Å². The lowest BCUT2D eigenvalue weighted by atomic mass is 10.0. The molecule has 1 heterocycles. The van der Waals surface area contributed by atoms with Gasteiger partial charge in [-0.2, -0.15) is 0 Å². The van der Waals surface area contributed by atoms with E-state index in [1.54, 1.807) is 19.1 Å². The summed E-state index contributed by atoms with van der Waals surface area (Å²) < 4.78 is 14.1. The Morgan fingerprint density at radius 2 is 2.22 bits per heavy atom. The molecule has 1 fully saturated rings. The summed E-state index contributed by atoms with van der Waals surface area (Å²) in [7, 11) is 0. The summed E-state index contributed by atoms with van der Waals surface area (Å²) in [6.45, 7) is 2.44. The number of nitrogens with zero attached hydrogens (tertiary/aromatic N) is 1. The van der Waals surface area contributed by atoms with Crippen LogP contribution in [0.4, 0.5) is 10.1 Å². The fourth-order valence-corrected chi connectivity index (χ4v) is 2.52. The van der Waals surface area contributed by atoms with E-state index in [2.05, 4.69) is 0 Å². The summed E-state index contributed by atoms with van der Waals surface area (Å²) in [6.07, 6.45) is 2.33. The molecule has 2 atom stereocenters. The second-order valence-electron chi connectivity index (χ2n) is 4.91. The van der Waals surface area contributed by atoms with Gasteiger partial charge in [0.05, 0.1) is 24.4 Å². The maximum Gasteiger partial charge on any atom is 0.146 e. The van der Waals surface area contributed by atoms with Crippen molar-refractivity contribution in [3.8, 4) is 0 Å². The van der Waals surface area contributed by atoms with Crippen molar-refractivity contribution < 1.29 is 14.6 Å². The first-order valence-corrected chi connectivity index (χ1v) is 6.48. The van der Waals surface area contributed by atoms with Crippen LogP contribution < -0.4 is 4.90 Å². The van der Waals surface area contributed by atoms with E-state index in [1.807, 2.05) is 4.90 Å². The van der Waals surface area contributed by atoms with Crippen LogP contribution in [0, 0.1) is 5.82 Å². The van der Waals surface area contributed by atoms with Crippen LogP contribution in [-0.4, -0.2) is 29.4 Å². The SMILES string of the molecule is C[C@@H](O)c1ccc(N2CCCCC2CO)c(F)c1. The van der Waals surface area contributed by atoms with Crippen molar-refractivity contribution in [1.82, 2.24) is 0 Å². The number of anilines is 1. The van der Waals surface area contributed by atoms with Crippen molar-refractivity contribution in [2.75, 3.05) is 18.1 Å². The van der Waals surface area contributed by atoms with E-state index in [-0.39, 0.29) is 18.5 Å². The van der Waals surface area contributed by atoms with Crippen LogP contribution in [-0.2, 0) is 0 Å². The number of hydrogen-bond acceptors (Lipinski definition) is 3. The molecule has 0 saturated carbocycles. The second-order valence-corrected chi connectivity index (χ2v) is 4.91. The molecule has 0 aromatic heterocycles. The summed E-state index contributed by atoms with van der Waals surface area (Å²) >= 11 is 0. The second kappa shape index (κ2) is 5.67. The van der Waals surface area contributed by atoms with E-state index in [0.29, 0.717) is 11.3 Å². The highest BCUT2D eigenvalue weighted by Crippen LogP contribution is 2.28. The molecule has 0 amide bonds. The predicted octanol–water partition coefficient (Wildman–Crippen LogP) is 2.23. The van der Waals surface area contributed by atoms with Crippen molar-refractivity contribution in [1.29, 1.82) is 0 Å². The highest BCUT2D eigenvalue weighted by Gasteiger charge is 2.24. The van der Waals surface area contributed by atoms with Gasteiger partial charge >= 0.3 is 0 Å². The predicted molar refractivity (Wildman–Crippen MR) is 69.1 cm³/mol. The van der Waals surface area contributed by atoms with Gasteiger partial charge in [0.15, 0.2) is 0 Å². The maximum absolute atomic E-state index is 14.1. The lowest BCUT2D eigenvalue weighted by Crippen LogP contribution is -2.42. The van der Waals surface area contributed by atoms with Crippen molar-refractivity contribution in [2.24, 2.45) is 0 Å². The van der Waals surface area contributed by atoms with Gasteiger partial charge < -0.3 is 15.1 Å². The van der Waals surface area contributed by atoms with Crippen molar-refractivity contribution in [3.63, 3.8) is 0 Å². The Balaban J connectivity index is 2.26. The molecule has 4 heteroatoms. The molecule has 1 aromatic rings. The number of rotatable bonds is 3. The van der Waals surface area contributed by atoms with Gasteiger partial charge in [0.1, 0.15) is 5.82 Å². The van der Waals surface area contributed by atoms with E-state index >= 15 is 0 Å². The van der Waals surface area contributed by atoms with E-state index in [4.69, 9.17) is 0 Å². The van der Waals surface area contributed by atoms with Crippen LogP contribution >= 0.6 is 0 Å². The highest BCUT2D eigenvalue weighted by atomic mass is 19.1. The Morgan fingerprint density at radius 1 is 1.44 bits per heavy atom.